The van der Waals surface area contributed by atoms with Gasteiger partial charge in [0.05, 0.1) is 5.56 Å². The van der Waals surface area contributed by atoms with Crippen LogP contribution in [0.3, 0.4) is 0 Å². The Hall–Kier alpha value is -2.01. The summed E-state index contributed by atoms with van der Waals surface area (Å²) in [6.07, 6.45) is 9.21. The molecule has 1 aromatic heterocycles. The molecule has 2 aliphatic rings. The van der Waals surface area contributed by atoms with E-state index >= 15 is 0 Å². The zero-order valence-corrected chi connectivity index (χ0v) is 17.1. The average Bonchev–Trinajstić information content (AvgIpc) is 3.31. The van der Waals surface area contributed by atoms with Gasteiger partial charge in [-0.15, -0.1) is 0 Å². The molecule has 1 atom stereocenters. The van der Waals surface area contributed by atoms with Crippen LogP contribution in [0.4, 0.5) is 0 Å². The molecular formula is C23H32N2O3. The SMILES string of the molecule is CC[C@H]1CCCCN1Cc1c(O)ccc2oc(C)c(C(=O)NC3CCCC3)c12. The number of carbonyl (C=O) groups excluding carboxylic acids is 1. The summed E-state index contributed by atoms with van der Waals surface area (Å²) in [6.45, 7) is 5.77. The third-order valence-electron chi connectivity index (χ3n) is 6.61. The Labute approximate surface area is 167 Å². The third-order valence-corrected chi connectivity index (χ3v) is 6.61. The number of likely N-dealkylation sites (tertiary alicyclic amines) is 1. The first-order valence-electron chi connectivity index (χ1n) is 10.9. The van der Waals surface area contributed by atoms with Crippen molar-refractivity contribution < 1.29 is 14.3 Å². The molecule has 2 N–H and O–H groups in total. The van der Waals surface area contributed by atoms with E-state index in [0.29, 0.717) is 29.5 Å². The number of furan rings is 1. The molecule has 28 heavy (non-hydrogen) atoms. The summed E-state index contributed by atoms with van der Waals surface area (Å²) >= 11 is 0. The summed E-state index contributed by atoms with van der Waals surface area (Å²) < 4.78 is 5.93. The van der Waals surface area contributed by atoms with Crippen LogP contribution in [0.25, 0.3) is 11.0 Å². The van der Waals surface area contributed by atoms with Crippen molar-refractivity contribution in [2.75, 3.05) is 6.54 Å². The van der Waals surface area contributed by atoms with Gasteiger partial charge in [0.15, 0.2) is 0 Å². The molecule has 0 bridgehead atoms. The fraction of sp³-hybridized carbons (Fsp3) is 0.609. The maximum atomic E-state index is 13.1. The van der Waals surface area contributed by atoms with E-state index in [0.717, 1.165) is 36.8 Å². The molecule has 2 aromatic rings. The standard InChI is InChI=1S/C23H32N2O3/c1-3-17-10-6-7-13-25(17)14-18-19(26)11-12-20-22(18)21(15(2)28-20)23(27)24-16-8-4-5-9-16/h11-12,16-17,26H,3-10,13-14H2,1-2H3,(H,24,27)/t17-/m0/s1. The van der Waals surface area contributed by atoms with Crippen LogP contribution < -0.4 is 5.32 Å². The number of amides is 1. The number of carbonyl (C=O) groups is 1. The summed E-state index contributed by atoms with van der Waals surface area (Å²) in [6, 6.07) is 4.27. The van der Waals surface area contributed by atoms with Crippen molar-refractivity contribution in [2.45, 2.75) is 83.8 Å². The monoisotopic (exact) mass is 384 g/mol. The van der Waals surface area contributed by atoms with E-state index in [1.807, 2.05) is 6.92 Å². The van der Waals surface area contributed by atoms with Gasteiger partial charge < -0.3 is 14.8 Å². The fourth-order valence-corrected chi connectivity index (χ4v) is 5.06. The number of piperidine rings is 1. The van der Waals surface area contributed by atoms with Crippen molar-refractivity contribution in [1.82, 2.24) is 10.2 Å². The predicted molar refractivity (Wildman–Crippen MR) is 111 cm³/mol. The zero-order valence-electron chi connectivity index (χ0n) is 17.1. The smallest absolute Gasteiger partial charge is 0.255 e. The number of aryl methyl sites for hydroxylation is 1. The van der Waals surface area contributed by atoms with Crippen LogP contribution in [0.5, 0.6) is 5.75 Å². The van der Waals surface area contributed by atoms with Gasteiger partial charge >= 0.3 is 0 Å². The van der Waals surface area contributed by atoms with E-state index in [-0.39, 0.29) is 17.7 Å². The molecule has 5 heteroatoms. The first-order chi connectivity index (χ1) is 13.6. The zero-order chi connectivity index (χ0) is 19.7. The number of phenolic OH excluding ortho intramolecular Hbond substituents is 1. The molecule has 0 spiro atoms. The molecule has 1 amide bonds. The van der Waals surface area contributed by atoms with Gasteiger partial charge in [-0.1, -0.05) is 26.2 Å². The van der Waals surface area contributed by atoms with Gasteiger partial charge in [-0.2, -0.15) is 0 Å². The molecule has 152 valence electrons. The summed E-state index contributed by atoms with van der Waals surface area (Å²) in [5.74, 6) is 0.812. The summed E-state index contributed by atoms with van der Waals surface area (Å²) in [5, 5.41) is 14.7. The lowest BCUT2D eigenvalue weighted by Gasteiger charge is -2.35. The van der Waals surface area contributed by atoms with Crippen molar-refractivity contribution >= 4 is 16.9 Å². The number of nitrogens with one attached hydrogen (secondary N) is 1. The molecule has 1 aromatic carbocycles. The Morgan fingerprint density at radius 2 is 1.96 bits per heavy atom. The van der Waals surface area contributed by atoms with Crippen molar-refractivity contribution in [3.05, 3.63) is 29.0 Å². The molecule has 4 rings (SSSR count). The number of aromatic hydroxyl groups is 1. The Kier molecular flexibility index (Phi) is 5.63. The minimum atomic E-state index is -0.0688. The molecule has 1 saturated carbocycles. The Morgan fingerprint density at radius 3 is 2.71 bits per heavy atom. The predicted octanol–water partition coefficient (Wildman–Crippen LogP) is 4.88. The largest absolute Gasteiger partial charge is 0.508 e. The highest BCUT2D eigenvalue weighted by molar-refractivity contribution is 6.09. The van der Waals surface area contributed by atoms with E-state index in [1.54, 1.807) is 12.1 Å². The van der Waals surface area contributed by atoms with Crippen LogP contribution in [-0.4, -0.2) is 34.5 Å². The van der Waals surface area contributed by atoms with Crippen LogP contribution in [0, 0.1) is 6.92 Å². The maximum Gasteiger partial charge on any atom is 0.255 e. The summed E-state index contributed by atoms with van der Waals surface area (Å²) in [7, 11) is 0. The normalized spacial score (nSPS) is 21.4. The van der Waals surface area contributed by atoms with Gasteiger partial charge in [-0.05, 0) is 57.7 Å². The highest BCUT2D eigenvalue weighted by Gasteiger charge is 2.28. The second kappa shape index (κ2) is 8.16. The average molecular weight is 385 g/mol. The van der Waals surface area contributed by atoms with Gasteiger partial charge in [0, 0.05) is 29.6 Å². The van der Waals surface area contributed by atoms with Crippen LogP contribution in [0.15, 0.2) is 16.5 Å². The van der Waals surface area contributed by atoms with E-state index in [1.165, 1.54) is 32.1 Å². The number of hydrogen-bond acceptors (Lipinski definition) is 4. The molecule has 2 heterocycles. The maximum absolute atomic E-state index is 13.1. The Balaban J connectivity index is 1.71. The highest BCUT2D eigenvalue weighted by Crippen LogP contribution is 2.36. The lowest BCUT2D eigenvalue weighted by Crippen LogP contribution is -2.38. The van der Waals surface area contributed by atoms with Crippen molar-refractivity contribution in [3.63, 3.8) is 0 Å². The van der Waals surface area contributed by atoms with Crippen LogP contribution in [0.2, 0.25) is 0 Å². The number of hydrogen-bond donors (Lipinski definition) is 2. The van der Waals surface area contributed by atoms with Crippen LogP contribution in [-0.2, 0) is 6.54 Å². The lowest BCUT2D eigenvalue weighted by atomic mass is 9.97. The number of phenols is 1. The minimum Gasteiger partial charge on any atom is -0.508 e. The Morgan fingerprint density at radius 1 is 1.21 bits per heavy atom. The van der Waals surface area contributed by atoms with E-state index in [9.17, 15) is 9.90 Å². The number of rotatable bonds is 5. The number of fused-ring (bicyclic) bond motifs is 1. The molecule has 1 aliphatic heterocycles. The molecule has 0 radical (unpaired) electrons. The first-order valence-corrected chi connectivity index (χ1v) is 10.9. The highest BCUT2D eigenvalue weighted by atomic mass is 16.3. The topological polar surface area (TPSA) is 65.7 Å². The van der Waals surface area contributed by atoms with Crippen molar-refractivity contribution in [2.24, 2.45) is 0 Å². The third kappa shape index (κ3) is 3.64. The lowest BCUT2D eigenvalue weighted by molar-refractivity contribution is 0.0937. The molecule has 1 aliphatic carbocycles. The van der Waals surface area contributed by atoms with Gasteiger partial charge in [0.1, 0.15) is 17.1 Å². The van der Waals surface area contributed by atoms with Crippen molar-refractivity contribution in [1.29, 1.82) is 0 Å². The molecule has 5 nitrogen and oxygen atoms in total. The van der Waals surface area contributed by atoms with E-state index < -0.39 is 0 Å². The van der Waals surface area contributed by atoms with E-state index in [4.69, 9.17) is 4.42 Å². The van der Waals surface area contributed by atoms with Gasteiger partial charge in [0.2, 0.25) is 0 Å². The number of nitrogens with zero attached hydrogens (tertiary/aromatic N) is 1. The van der Waals surface area contributed by atoms with E-state index in [2.05, 4.69) is 17.1 Å². The number of benzene rings is 1. The minimum absolute atomic E-state index is 0.0688. The molecule has 2 fully saturated rings. The van der Waals surface area contributed by atoms with Crippen LogP contribution >= 0.6 is 0 Å². The fourth-order valence-electron chi connectivity index (χ4n) is 5.06. The molecular weight excluding hydrogens is 352 g/mol. The second-order valence-electron chi connectivity index (χ2n) is 8.45. The molecule has 1 saturated heterocycles. The van der Waals surface area contributed by atoms with Gasteiger partial charge in [-0.3, -0.25) is 9.69 Å². The first kappa shape index (κ1) is 19.3. The summed E-state index contributed by atoms with van der Waals surface area (Å²) in [5.41, 5.74) is 2.11. The molecule has 0 unspecified atom stereocenters. The second-order valence-corrected chi connectivity index (χ2v) is 8.45. The van der Waals surface area contributed by atoms with Gasteiger partial charge in [-0.25, -0.2) is 0 Å². The van der Waals surface area contributed by atoms with Crippen molar-refractivity contribution in [3.8, 4) is 5.75 Å². The van der Waals surface area contributed by atoms with Gasteiger partial charge in [0.25, 0.3) is 5.91 Å². The Bertz CT molecular complexity index is 851. The van der Waals surface area contributed by atoms with Crippen LogP contribution in [0.1, 0.15) is 80.0 Å². The summed E-state index contributed by atoms with van der Waals surface area (Å²) in [4.78, 5) is 15.6. The quantitative estimate of drug-likeness (QED) is 0.771.